The number of methoxy groups -OCH3 is 1. The molecule has 162 valence electrons. The zero-order valence-corrected chi connectivity index (χ0v) is 18.1. The second kappa shape index (κ2) is 9.16. The van der Waals surface area contributed by atoms with E-state index in [1.807, 2.05) is 6.07 Å². The van der Waals surface area contributed by atoms with Crippen LogP contribution in [0.3, 0.4) is 0 Å². The fourth-order valence-corrected chi connectivity index (χ4v) is 3.33. The van der Waals surface area contributed by atoms with E-state index in [0.29, 0.717) is 28.2 Å². The molecule has 32 heavy (non-hydrogen) atoms. The summed E-state index contributed by atoms with van der Waals surface area (Å²) in [7, 11) is 1.57. The highest BCUT2D eigenvalue weighted by molar-refractivity contribution is 6.30. The summed E-state index contributed by atoms with van der Waals surface area (Å²) in [5.41, 5.74) is 0.560. The van der Waals surface area contributed by atoms with Gasteiger partial charge in [0.05, 0.1) is 12.5 Å². The maximum atomic E-state index is 13.0. The highest BCUT2D eigenvalue weighted by Gasteiger charge is 2.21. The van der Waals surface area contributed by atoms with Crippen molar-refractivity contribution in [1.82, 2.24) is 0 Å². The number of carbonyl (C=O) groups is 1. The molecule has 0 saturated carbocycles. The summed E-state index contributed by atoms with van der Waals surface area (Å²) < 4.78 is 22.1. The number of hydrogen-bond acceptors (Lipinski definition) is 6. The number of hydrogen-bond donors (Lipinski definition) is 0. The number of ether oxygens (including phenoxy) is 3. The number of benzene rings is 3. The van der Waals surface area contributed by atoms with Crippen molar-refractivity contribution in [2.45, 2.75) is 12.3 Å². The number of aryl methyl sites for hydroxylation is 1. The van der Waals surface area contributed by atoms with Crippen molar-refractivity contribution in [2.75, 3.05) is 7.11 Å². The summed E-state index contributed by atoms with van der Waals surface area (Å²) in [5.74, 6) is 1.11. The van der Waals surface area contributed by atoms with Gasteiger partial charge in [0.25, 0.3) is 0 Å². The molecule has 0 amide bonds. The SMILES string of the molecule is COc1ccc(Oc2c(C)oc3cc(OC(=O)C(Cl)c4ccccc4)ccc3c2=O)cc1. The van der Waals surface area contributed by atoms with Gasteiger partial charge in [-0.1, -0.05) is 30.3 Å². The Morgan fingerprint density at radius 3 is 2.28 bits per heavy atom. The largest absolute Gasteiger partial charge is 0.497 e. The molecule has 1 unspecified atom stereocenters. The normalized spacial score (nSPS) is 11.7. The summed E-state index contributed by atoms with van der Waals surface area (Å²) >= 11 is 6.22. The van der Waals surface area contributed by atoms with E-state index in [4.69, 9.17) is 30.2 Å². The molecule has 6 nitrogen and oxygen atoms in total. The second-order valence-electron chi connectivity index (χ2n) is 6.95. The first-order valence-corrected chi connectivity index (χ1v) is 10.2. The summed E-state index contributed by atoms with van der Waals surface area (Å²) in [6, 6.07) is 20.3. The highest BCUT2D eigenvalue weighted by atomic mass is 35.5. The van der Waals surface area contributed by atoms with Crippen molar-refractivity contribution in [3.05, 3.63) is 94.3 Å². The third-order valence-electron chi connectivity index (χ3n) is 4.78. The quantitative estimate of drug-likeness (QED) is 0.210. The standard InChI is InChI=1S/C25H19ClO6/c1-15-24(31-18-10-8-17(29-2)9-11-18)23(27)20-13-12-19(14-21(20)30-15)32-25(28)22(26)16-6-4-3-5-7-16/h3-14,22H,1-2H3. The van der Waals surface area contributed by atoms with Crippen LogP contribution >= 0.6 is 11.6 Å². The van der Waals surface area contributed by atoms with Crippen molar-refractivity contribution in [3.8, 4) is 23.0 Å². The van der Waals surface area contributed by atoms with Gasteiger partial charge in [-0.2, -0.15) is 0 Å². The average Bonchev–Trinajstić information content (AvgIpc) is 2.82. The second-order valence-corrected chi connectivity index (χ2v) is 7.38. The molecule has 0 aliphatic rings. The van der Waals surface area contributed by atoms with E-state index in [1.165, 1.54) is 18.2 Å². The Bertz CT molecular complexity index is 1310. The maximum Gasteiger partial charge on any atom is 0.334 e. The Labute approximate surface area is 188 Å². The van der Waals surface area contributed by atoms with Gasteiger partial charge >= 0.3 is 5.97 Å². The lowest BCUT2D eigenvalue weighted by Crippen LogP contribution is -2.14. The van der Waals surface area contributed by atoms with Crippen LogP contribution in [0.5, 0.6) is 23.0 Å². The molecule has 0 bridgehead atoms. The minimum absolute atomic E-state index is 0.0808. The van der Waals surface area contributed by atoms with Gasteiger partial charge in [-0.05, 0) is 48.9 Å². The number of halogens is 1. The van der Waals surface area contributed by atoms with Gasteiger partial charge < -0.3 is 18.6 Å². The van der Waals surface area contributed by atoms with Crippen LogP contribution in [0.25, 0.3) is 11.0 Å². The minimum atomic E-state index is -0.957. The first kappa shape index (κ1) is 21.5. The van der Waals surface area contributed by atoms with E-state index in [-0.39, 0.29) is 22.5 Å². The van der Waals surface area contributed by atoms with Crippen LogP contribution in [0.4, 0.5) is 0 Å². The molecule has 4 rings (SSSR count). The molecule has 0 aliphatic carbocycles. The van der Waals surface area contributed by atoms with E-state index in [1.54, 1.807) is 62.6 Å². The monoisotopic (exact) mass is 450 g/mol. The molecule has 1 aromatic heterocycles. The molecule has 7 heteroatoms. The molecule has 3 aromatic carbocycles. The molecule has 0 N–H and O–H groups in total. The van der Waals surface area contributed by atoms with E-state index < -0.39 is 11.3 Å². The van der Waals surface area contributed by atoms with E-state index in [0.717, 1.165) is 0 Å². The Kier molecular flexibility index (Phi) is 6.14. The van der Waals surface area contributed by atoms with Gasteiger partial charge in [0.2, 0.25) is 11.2 Å². The van der Waals surface area contributed by atoms with Crippen molar-refractivity contribution < 1.29 is 23.4 Å². The predicted molar refractivity (Wildman–Crippen MR) is 121 cm³/mol. The van der Waals surface area contributed by atoms with Gasteiger partial charge in [0.15, 0.2) is 5.38 Å². The van der Waals surface area contributed by atoms with Crippen LogP contribution in [0.15, 0.2) is 82.0 Å². The highest BCUT2D eigenvalue weighted by Crippen LogP contribution is 2.29. The van der Waals surface area contributed by atoms with Gasteiger partial charge in [0, 0.05) is 6.07 Å². The first-order valence-electron chi connectivity index (χ1n) is 9.76. The Balaban J connectivity index is 1.59. The predicted octanol–water partition coefficient (Wildman–Crippen LogP) is 5.79. The van der Waals surface area contributed by atoms with E-state index in [2.05, 4.69) is 0 Å². The summed E-state index contributed by atoms with van der Waals surface area (Å²) in [5, 5.41) is -0.662. The lowest BCUT2D eigenvalue weighted by atomic mass is 10.1. The smallest absolute Gasteiger partial charge is 0.334 e. The number of esters is 1. The molecule has 1 heterocycles. The molecule has 0 spiro atoms. The fourth-order valence-electron chi connectivity index (χ4n) is 3.14. The van der Waals surface area contributed by atoms with Crippen LogP contribution < -0.4 is 19.6 Å². The molecular formula is C25H19ClO6. The van der Waals surface area contributed by atoms with E-state index >= 15 is 0 Å². The topological polar surface area (TPSA) is 75.0 Å². The molecule has 0 saturated heterocycles. The summed E-state index contributed by atoms with van der Waals surface area (Å²) in [6.07, 6.45) is 0. The van der Waals surface area contributed by atoms with Crippen molar-refractivity contribution in [3.63, 3.8) is 0 Å². The van der Waals surface area contributed by atoms with Crippen molar-refractivity contribution in [1.29, 1.82) is 0 Å². The fraction of sp³-hybridized carbons (Fsp3) is 0.120. The number of alkyl halides is 1. The van der Waals surface area contributed by atoms with Crippen LogP contribution in [-0.2, 0) is 4.79 Å². The van der Waals surface area contributed by atoms with Crippen LogP contribution in [-0.4, -0.2) is 13.1 Å². The molecule has 0 fully saturated rings. The Morgan fingerprint density at radius 1 is 0.938 bits per heavy atom. The average molecular weight is 451 g/mol. The zero-order chi connectivity index (χ0) is 22.7. The van der Waals surface area contributed by atoms with Crippen LogP contribution in [0, 0.1) is 6.92 Å². The lowest BCUT2D eigenvalue weighted by Gasteiger charge is -2.11. The van der Waals surface area contributed by atoms with Crippen LogP contribution in [0.1, 0.15) is 16.7 Å². The Morgan fingerprint density at radius 2 is 1.59 bits per heavy atom. The van der Waals surface area contributed by atoms with Crippen molar-refractivity contribution in [2.24, 2.45) is 0 Å². The zero-order valence-electron chi connectivity index (χ0n) is 17.3. The number of fused-ring (bicyclic) bond motifs is 1. The number of carbonyl (C=O) groups excluding carboxylic acids is 1. The summed E-state index contributed by atoms with van der Waals surface area (Å²) in [6.45, 7) is 1.63. The third kappa shape index (κ3) is 4.45. The minimum Gasteiger partial charge on any atom is -0.497 e. The summed E-state index contributed by atoms with van der Waals surface area (Å²) in [4.78, 5) is 25.4. The molecule has 0 aliphatic heterocycles. The van der Waals surface area contributed by atoms with Gasteiger partial charge in [-0.15, -0.1) is 11.6 Å². The molecular weight excluding hydrogens is 432 g/mol. The van der Waals surface area contributed by atoms with Crippen LogP contribution in [0.2, 0.25) is 0 Å². The van der Waals surface area contributed by atoms with Gasteiger partial charge in [-0.3, -0.25) is 4.79 Å². The van der Waals surface area contributed by atoms with Crippen molar-refractivity contribution >= 4 is 28.5 Å². The molecule has 4 aromatic rings. The first-order chi connectivity index (χ1) is 15.5. The van der Waals surface area contributed by atoms with Gasteiger partial charge in [-0.25, -0.2) is 4.79 Å². The number of rotatable bonds is 6. The third-order valence-corrected chi connectivity index (χ3v) is 5.21. The maximum absolute atomic E-state index is 13.0. The lowest BCUT2D eigenvalue weighted by molar-refractivity contribution is -0.134. The molecule has 0 radical (unpaired) electrons. The Hall–Kier alpha value is -3.77. The molecule has 1 atom stereocenters. The van der Waals surface area contributed by atoms with E-state index in [9.17, 15) is 9.59 Å². The van der Waals surface area contributed by atoms with Gasteiger partial charge in [0.1, 0.15) is 28.6 Å².